The van der Waals surface area contributed by atoms with Crippen molar-refractivity contribution < 1.29 is 14.2 Å². The molecule has 3 nitrogen and oxygen atoms in total. The fourth-order valence-electron chi connectivity index (χ4n) is 3.64. The normalized spacial score (nSPS) is 40.9. The van der Waals surface area contributed by atoms with Crippen LogP contribution in [0.4, 0.5) is 0 Å². The molecule has 1 aromatic carbocycles. The molecule has 2 heterocycles. The van der Waals surface area contributed by atoms with Gasteiger partial charge in [0.1, 0.15) is 23.2 Å². The van der Waals surface area contributed by atoms with E-state index in [-0.39, 0.29) is 17.1 Å². The van der Waals surface area contributed by atoms with Crippen molar-refractivity contribution in [2.24, 2.45) is 0 Å². The van der Waals surface area contributed by atoms with Crippen LogP contribution in [0, 0.1) is 0 Å². The molecule has 1 saturated carbocycles. The number of rotatable bonds is 1. The number of epoxide rings is 1. The first-order chi connectivity index (χ1) is 8.19. The number of hydrogen-bond acceptors (Lipinski definition) is 3. The van der Waals surface area contributed by atoms with E-state index in [1.54, 1.807) is 7.11 Å². The van der Waals surface area contributed by atoms with Crippen molar-refractivity contribution in [2.75, 3.05) is 13.7 Å². The van der Waals surface area contributed by atoms with Gasteiger partial charge in [-0.1, -0.05) is 6.92 Å². The predicted molar refractivity (Wildman–Crippen MR) is 62.7 cm³/mol. The van der Waals surface area contributed by atoms with Crippen molar-refractivity contribution in [3.63, 3.8) is 0 Å². The molecule has 1 spiro atoms. The van der Waals surface area contributed by atoms with E-state index in [1.807, 2.05) is 12.1 Å². The van der Waals surface area contributed by atoms with Gasteiger partial charge in [-0.25, -0.2) is 0 Å². The first kappa shape index (κ1) is 9.77. The van der Waals surface area contributed by atoms with E-state index in [4.69, 9.17) is 14.2 Å². The Hall–Kier alpha value is -1.22. The van der Waals surface area contributed by atoms with Gasteiger partial charge in [-0.15, -0.1) is 0 Å². The molecule has 1 aliphatic carbocycles. The third-order valence-electron chi connectivity index (χ3n) is 4.87. The van der Waals surface area contributed by atoms with Crippen molar-refractivity contribution in [1.29, 1.82) is 0 Å². The molecule has 4 rings (SSSR count). The smallest absolute Gasteiger partial charge is 0.138 e. The van der Waals surface area contributed by atoms with E-state index in [1.165, 1.54) is 5.56 Å². The number of methoxy groups -OCH3 is 1. The lowest BCUT2D eigenvalue weighted by atomic mass is 9.71. The fraction of sp³-hybridized carbons (Fsp3) is 0.571. The van der Waals surface area contributed by atoms with Crippen LogP contribution in [0.25, 0.3) is 0 Å². The van der Waals surface area contributed by atoms with E-state index in [9.17, 15) is 0 Å². The van der Waals surface area contributed by atoms with E-state index in [0.29, 0.717) is 0 Å². The summed E-state index contributed by atoms with van der Waals surface area (Å²) >= 11 is 0. The summed E-state index contributed by atoms with van der Waals surface area (Å²) in [5.41, 5.74) is 1.30. The summed E-state index contributed by atoms with van der Waals surface area (Å²) in [4.78, 5) is 0. The Labute approximate surface area is 101 Å². The lowest BCUT2D eigenvalue weighted by Crippen LogP contribution is -2.47. The topological polar surface area (TPSA) is 31.0 Å². The molecular weight excluding hydrogens is 216 g/mol. The highest BCUT2D eigenvalue weighted by Gasteiger charge is 2.71. The summed E-state index contributed by atoms with van der Waals surface area (Å²) in [7, 11) is 1.70. The lowest BCUT2D eigenvalue weighted by Gasteiger charge is -2.38. The third kappa shape index (κ3) is 0.974. The van der Waals surface area contributed by atoms with Crippen LogP contribution in [-0.2, 0) is 10.2 Å². The van der Waals surface area contributed by atoms with Gasteiger partial charge in [0.05, 0.1) is 13.7 Å². The van der Waals surface area contributed by atoms with Crippen molar-refractivity contribution in [1.82, 2.24) is 0 Å². The second-order valence-electron chi connectivity index (χ2n) is 5.52. The molecule has 3 unspecified atom stereocenters. The maximum absolute atomic E-state index is 6.08. The highest BCUT2D eigenvalue weighted by atomic mass is 16.6. The van der Waals surface area contributed by atoms with Gasteiger partial charge in [0.25, 0.3) is 0 Å². The maximum Gasteiger partial charge on any atom is 0.138 e. The molecule has 0 radical (unpaired) electrons. The minimum absolute atomic E-state index is 0.0492. The first-order valence-corrected chi connectivity index (χ1v) is 6.19. The second-order valence-corrected chi connectivity index (χ2v) is 5.52. The van der Waals surface area contributed by atoms with Crippen molar-refractivity contribution in [3.8, 4) is 11.5 Å². The fourth-order valence-corrected chi connectivity index (χ4v) is 3.64. The van der Waals surface area contributed by atoms with Crippen LogP contribution in [-0.4, -0.2) is 25.4 Å². The Morgan fingerprint density at radius 1 is 1.41 bits per heavy atom. The molecular formula is C14H16O3. The average molecular weight is 232 g/mol. The summed E-state index contributed by atoms with van der Waals surface area (Å²) in [6, 6.07) is 6.10. The molecule has 0 amide bonds. The number of fused-ring (bicyclic) bond motifs is 2. The summed E-state index contributed by atoms with van der Waals surface area (Å²) < 4.78 is 17.2. The van der Waals surface area contributed by atoms with Crippen LogP contribution < -0.4 is 9.47 Å². The minimum atomic E-state index is -0.0492. The Morgan fingerprint density at radius 2 is 2.24 bits per heavy atom. The molecule has 1 saturated heterocycles. The van der Waals surface area contributed by atoms with Crippen LogP contribution in [0.5, 0.6) is 11.5 Å². The Morgan fingerprint density at radius 3 is 2.94 bits per heavy atom. The summed E-state index contributed by atoms with van der Waals surface area (Å²) in [5.74, 6) is 1.91. The lowest BCUT2D eigenvalue weighted by molar-refractivity contribution is 0.0684. The summed E-state index contributed by atoms with van der Waals surface area (Å²) in [6.07, 6.45) is 2.47. The summed E-state index contributed by atoms with van der Waals surface area (Å²) in [5, 5.41) is 0. The van der Waals surface area contributed by atoms with Gasteiger partial charge in [-0.2, -0.15) is 0 Å². The Kier molecular flexibility index (Phi) is 1.60. The molecule has 2 fully saturated rings. The van der Waals surface area contributed by atoms with E-state index >= 15 is 0 Å². The van der Waals surface area contributed by atoms with Crippen LogP contribution in [0.15, 0.2) is 18.2 Å². The standard InChI is InChI=1S/C14H16O3/c1-13-6-5-12(14(13)8-16-14)17-11-4-3-9(15-2)7-10(11)13/h3-4,7,12H,5-6,8H2,1-2H3. The zero-order valence-electron chi connectivity index (χ0n) is 10.2. The van der Waals surface area contributed by atoms with Gasteiger partial charge >= 0.3 is 0 Å². The number of hydrogen-bond donors (Lipinski definition) is 0. The molecule has 2 bridgehead atoms. The van der Waals surface area contributed by atoms with E-state index < -0.39 is 0 Å². The molecule has 0 N–H and O–H groups in total. The molecule has 1 aromatic rings. The average Bonchev–Trinajstić information content (AvgIpc) is 3.10. The Balaban J connectivity index is 1.93. The predicted octanol–water partition coefficient (Wildman–Crippen LogP) is 2.28. The molecule has 3 atom stereocenters. The third-order valence-corrected chi connectivity index (χ3v) is 4.87. The molecule has 17 heavy (non-hydrogen) atoms. The van der Waals surface area contributed by atoms with E-state index in [2.05, 4.69) is 13.0 Å². The van der Waals surface area contributed by atoms with Gasteiger partial charge in [0.15, 0.2) is 0 Å². The quantitative estimate of drug-likeness (QED) is 0.696. The van der Waals surface area contributed by atoms with Gasteiger partial charge in [0, 0.05) is 11.0 Å². The van der Waals surface area contributed by atoms with Crippen LogP contribution in [0.2, 0.25) is 0 Å². The number of ether oxygens (including phenoxy) is 3. The molecule has 90 valence electrons. The molecule has 3 aliphatic rings. The van der Waals surface area contributed by atoms with Gasteiger partial charge < -0.3 is 14.2 Å². The minimum Gasteiger partial charge on any atom is -0.497 e. The largest absolute Gasteiger partial charge is 0.497 e. The zero-order chi connectivity index (χ0) is 11.7. The van der Waals surface area contributed by atoms with E-state index in [0.717, 1.165) is 30.9 Å². The molecule has 2 aliphatic heterocycles. The van der Waals surface area contributed by atoms with Crippen LogP contribution >= 0.6 is 0 Å². The summed E-state index contributed by atoms with van der Waals surface area (Å²) in [6.45, 7) is 3.14. The zero-order valence-corrected chi connectivity index (χ0v) is 10.2. The van der Waals surface area contributed by atoms with Gasteiger partial charge in [-0.05, 0) is 31.0 Å². The molecule has 0 aromatic heterocycles. The molecule has 3 heteroatoms. The maximum atomic E-state index is 6.08. The monoisotopic (exact) mass is 232 g/mol. The van der Waals surface area contributed by atoms with Gasteiger partial charge in [0.2, 0.25) is 0 Å². The van der Waals surface area contributed by atoms with Crippen LogP contribution in [0.3, 0.4) is 0 Å². The number of benzene rings is 1. The Bertz CT molecular complexity index is 492. The van der Waals surface area contributed by atoms with Gasteiger partial charge in [-0.3, -0.25) is 0 Å². The highest BCUT2D eigenvalue weighted by Crippen LogP contribution is 2.63. The SMILES string of the molecule is COc1ccc2c(c1)C1(C)CCC(O2)C12CO2. The van der Waals surface area contributed by atoms with Crippen LogP contribution in [0.1, 0.15) is 25.3 Å². The second kappa shape index (κ2) is 2.78. The van der Waals surface area contributed by atoms with Crippen molar-refractivity contribution in [2.45, 2.75) is 36.9 Å². The first-order valence-electron chi connectivity index (χ1n) is 6.19. The van der Waals surface area contributed by atoms with Crippen molar-refractivity contribution >= 4 is 0 Å². The van der Waals surface area contributed by atoms with Crippen molar-refractivity contribution in [3.05, 3.63) is 23.8 Å². The highest BCUT2D eigenvalue weighted by molar-refractivity contribution is 5.52.